The Hall–Kier alpha value is -1.39. The first-order valence-corrected chi connectivity index (χ1v) is 11.3. The molecular weight excluding hydrogens is 505 g/mol. The molecule has 0 saturated carbocycles. The normalized spacial score (nSPS) is 20.8. The van der Waals surface area contributed by atoms with Gasteiger partial charge < -0.3 is 20.3 Å². The van der Waals surface area contributed by atoms with Crippen LogP contribution in [-0.4, -0.2) is 80.2 Å². The maximum absolute atomic E-state index is 12.0. The minimum atomic E-state index is 0. The molecule has 1 aromatic carbocycles. The summed E-state index contributed by atoms with van der Waals surface area (Å²) in [5.41, 5.74) is 2.56. The highest BCUT2D eigenvalue weighted by molar-refractivity contribution is 14.0. The Labute approximate surface area is 204 Å². The average Bonchev–Trinajstić information content (AvgIpc) is 3.24. The van der Waals surface area contributed by atoms with Gasteiger partial charge in [-0.3, -0.25) is 14.7 Å². The van der Waals surface area contributed by atoms with E-state index in [1.165, 1.54) is 11.1 Å². The van der Waals surface area contributed by atoms with Crippen molar-refractivity contribution >= 4 is 35.8 Å². The summed E-state index contributed by atoms with van der Waals surface area (Å²) >= 11 is 0. The SMILES string of the molecule is CCNC(=NCC(c1ccc(C)cc1)N1CCOCC1)NC1CCN(C(=O)CC)C1.I. The maximum Gasteiger partial charge on any atom is 0.222 e. The predicted octanol–water partition coefficient (Wildman–Crippen LogP) is 2.55. The number of aryl methyl sites for hydroxylation is 1. The zero-order valence-corrected chi connectivity index (χ0v) is 21.4. The highest BCUT2D eigenvalue weighted by Crippen LogP contribution is 2.23. The number of benzene rings is 1. The molecule has 2 atom stereocenters. The van der Waals surface area contributed by atoms with E-state index >= 15 is 0 Å². The summed E-state index contributed by atoms with van der Waals surface area (Å²) in [6.45, 7) is 12.6. The second-order valence-electron chi connectivity index (χ2n) is 8.12. The molecule has 0 spiro atoms. The molecule has 2 heterocycles. The Morgan fingerprint density at radius 3 is 2.55 bits per heavy atom. The lowest BCUT2D eigenvalue weighted by Gasteiger charge is -2.34. The van der Waals surface area contributed by atoms with Crippen molar-refractivity contribution in [1.82, 2.24) is 20.4 Å². The Balaban J connectivity index is 0.00000341. The van der Waals surface area contributed by atoms with Gasteiger partial charge >= 0.3 is 0 Å². The van der Waals surface area contributed by atoms with Crippen molar-refractivity contribution in [2.24, 2.45) is 4.99 Å². The molecule has 2 saturated heterocycles. The number of rotatable bonds is 7. The second kappa shape index (κ2) is 13.2. The summed E-state index contributed by atoms with van der Waals surface area (Å²) in [6, 6.07) is 9.26. The van der Waals surface area contributed by atoms with Crippen LogP contribution < -0.4 is 10.6 Å². The molecule has 3 rings (SSSR count). The van der Waals surface area contributed by atoms with E-state index in [-0.39, 0.29) is 42.0 Å². The number of carbonyl (C=O) groups excluding carboxylic acids is 1. The van der Waals surface area contributed by atoms with Gasteiger partial charge in [0.15, 0.2) is 5.96 Å². The maximum atomic E-state index is 12.0. The molecule has 2 N–H and O–H groups in total. The highest BCUT2D eigenvalue weighted by atomic mass is 127. The lowest BCUT2D eigenvalue weighted by Crippen LogP contribution is -2.46. The number of morpholine rings is 1. The molecular formula is C23H38IN5O2. The molecule has 0 aliphatic carbocycles. The molecule has 174 valence electrons. The molecule has 0 radical (unpaired) electrons. The Kier molecular flexibility index (Phi) is 11.0. The number of likely N-dealkylation sites (tertiary alicyclic amines) is 1. The summed E-state index contributed by atoms with van der Waals surface area (Å²) in [4.78, 5) is 21.3. The van der Waals surface area contributed by atoms with Gasteiger partial charge in [-0.2, -0.15) is 0 Å². The van der Waals surface area contributed by atoms with E-state index in [9.17, 15) is 4.79 Å². The molecule has 1 aromatic rings. The molecule has 2 aliphatic heterocycles. The van der Waals surface area contributed by atoms with Crippen LogP contribution in [0.3, 0.4) is 0 Å². The first-order chi connectivity index (χ1) is 14.6. The van der Waals surface area contributed by atoms with Crippen LogP contribution >= 0.6 is 24.0 Å². The van der Waals surface area contributed by atoms with Gasteiger partial charge in [-0.1, -0.05) is 36.8 Å². The van der Waals surface area contributed by atoms with Gasteiger partial charge in [0.05, 0.1) is 25.8 Å². The minimum Gasteiger partial charge on any atom is -0.379 e. The molecule has 0 bridgehead atoms. The van der Waals surface area contributed by atoms with Crippen LogP contribution in [0.1, 0.15) is 43.9 Å². The third-order valence-electron chi connectivity index (χ3n) is 5.90. The summed E-state index contributed by atoms with van der Waals surface area (Å²) < 4.78 is 5.56. The van der Waals surface area contributed by atoms with Crippen molar-refractivity contribution in [2.45, 2.75) is 45.7 Å². The molecule has 2 unspecified atom stereocenters. The first kappa shape index (κ1) is 25.9. The van der Waals surface area contributed by atoms with E-state index in [0.29, 0.717) is 13.0 Å². The number of aliphatic imine (C=N–C) groups is 1. The van der Waals surface area contributed by atoms with Crippen molar-refractivity contribution in [1.29, 1.82) is 0 Å². The summed E-state index contributed by atoms with van der Waals surface area (Å²) in [6.07, 6.45) is 1.53. The van der Waals surface area contributed by atoms with Gasteiger partial charge in [0.1, 0.15) is 0 Å². The van der Waals surface area contributed by atoms with Gasteiger partial charge in [-0.15, -0.1) is 24.0 Å². The number of carbonyl (C=O) groups is 1. The van der Waals surface area contributed by atoms with Crippen molar-refractivity contribution in [3.05, 3.63) is 35.4 Å². The smallest absolute Gasteiger partial charge is 0.222 e. The summed E-state index contributed by atoms with van der Waals surface area (Å²) in [7, 11) is 0. The fraction of sp³-hybridized carbons (Fsp3) is 0.652. The van der Waals surface area contributed by atoms with Crippen LogP contribution in [0.4, 0.5) is 0 Å². The van der Waals surface area contributed by atoms with Crippen molar-refractivity contribution < 1.29 is 9.53 Å². The number of hydrogen-bond acceptors (Lipinski definition) is 4. The summed E-state index contributed by atoms with van der Waals surface area (Å²) in [5, 5.41) is 6.93. The van der Waals surface area contributed by atoms with Gasteiger partial charge in [-0.05, 0) is 25.8 Å². The van der Waals surface area contributed by atoms with Crippen LogP contribution in [0.2, 0.25) is 0 Å². The van der Waals surface area contributed by atoms with E-state index in [1.807, 2.05) is 11.8 Å². The van der Waals surface area contributed by atoms with Gasteiger partial charge in [0.25, 0.3) is 0 Å². The van der Waals surface area contributed by atoms with E-state index in [2.05, 4.69) is 53.6 Å². The zero-order valence-electron chi connectivity index (χ0n) is 19.1. The third kappa shape index (κ3) is 7.61. The van der Waals surface area contributed by atoms with E-state index < -0.39 is 0 Å². The molecule has 7 nitrogen and oxygen atoms in total. The molecule has 1 amide bonds. The lowest BCUT2D eigenvalue weighted by atomic mass is 10.0. The molecule has 0 aromatic heterocycles. The highest BCUT2D eigenvalue weighted by Gasteiger charge is 2.26. The van der Waals surface area contributed by atoms with Crippen molar-refractivity contribution in [3.8, 4) is 0 Å². The largest absolute Gasteiger partial charge is 0.379 e. The van der Waals surface area contributed by atoms with Gasteiger partial charge in [0.2, 0.25) is 5.91 Å². The van der Waals surface area contributed by atoms with Crippen LogP contribution in [0.15, 0.2) is 29.3 Å². The van der Waals surface area contributed by atoms with Crippen LogP contribution in [0.5, 0.6) is 0 Å². The number of ether oxygens (including phenoxy) is 1. The van der Waals surface area contributed by atoms with Gasteiger partial charge in [0, 0.05) is 45.2 Å². The van der Waals surface area contributed by atoms with Crippen LogP contribution in [-0.2, 0) is 9.53 Å². The Morgan fingerprint density at radius 1 is 1.19 bits per heavy atom. The van der Waals surface area contributed by atoms with Crippen LogP contribution in [0, 0.1) is 6.92 Å². The minimum absolute atomic E-state index is 0. The monoisotopic (exact) mass is 543 g/mol. The number of nitrogens with zero attached hydrogens (tertiary/aromatic N) is 3. The van der Waals surface area contributed by atoms with Crippen molar-refractivity contribution in [3.63, 3.8) is 0 Å². The standard InChI is InChI=1S/C23H37N5O2.HI/c1-4-22(29)28-11-10-20(17-28)26-23(24-5-2)25-16-21(27-12-14-30-15-13-27)19-8-6-18(3)7-9-19;/h6-9,20-21H,4-5,10-17H2,1-3H3,(H2,24,25,26);1H. The van der Waals surface area contributed by atoms with E-state index in [1.54, 1.807) is 0 Å². The fourth-order valence-electron chi connectivity index (χ4n) is 4.13. The average molecular weight is 543 g/mol. The number of hydrogen-bond donors (Lipinski definition) is 2. The van der Waals surface area contributed by atoms with E-state index in [0.717, 1.165) is 58.3 Å². The number of amides is 1. The number of nitrogens with one attached hydrogen (secondary N) is 2. The topological polar surface area (TPSA) is 69.2 Å². The van der Waals surface area contributed by atoms with Gasteiger partial charge in [-0.25, -0.2) is 0 Å². The molecule has 2 aliphatic rings. The lowest BCUT2D eigenvalue weighted by molar-refractivity contribution is -0.129. The number of halogens is 1. The zero-order chi connectivity index (χ0) is 21.3. The second-order valence-corrected chi connectivity index (χ2v) is 8.12. The van der Waals surface area contributed by atoms with Crippen molar-refractivity contribution in [2.75, 3.05) is 52.5 Å². The number of guanidine groups is 1. The predicted molar refractivity (Wildman–Crippen MR) is 136 cm³/mol. The molecule has 31 heavy (non-hydrogen) atoms. The summed E-state index contributed by atoms with van der Waals surface area (Å²) in [5.74, 6) is 1.06. The quantitative estimate of drug-likeness (QED) is 0.315. The molecule has 8 heteroatoms. The third-order valence-corrected chi connectivity index (χ3v) is 5.90. The van der Waals surface area contributed by atoms with Crippen LogP contribution in [0.25, 0.3) is 0 Å². The molecule has 2 fully saturated rings. The van der Waals surface area contributed by atoms with E-state index in [4.69, 9.17) is 9.73 Å². The Bertz CT molecular complexity index is 706. The Morgan fingerprint density at radius 2 is 1.90 bits per heavy atom. The first-order valence-electron chi connectivity index (χ1n) is 11.3. The fourth-order valence-corrected chi connectivity index (χ4v) is 4.13.